The highest BCUT2D eigenvalue weighted by Gasteiger charge is 2.16. The Bertz CT molecular complexity index is 814. The minimum atomic E-state index is -0.225. The number of esters is 1. The molecule has 0 fully saturated rings. The van der Waals surface area contributed by atoms with Crippen molar-refractivity contribution in [3.05, 3.63) is 47.9 Å². The van der Waals surface area contributed by atoms with Gasteiger partial charge in [-0.3, -0.25) is 4.79 Å². The fourth-order valence-electron chi connectivity index (χ4n) is 2.61. The van der Waals surface area contributed by atoms with Crippen LogP contribution in [0.1, 0.15) is 37.3 Å². The first-order valence-corrected chi connectivity index (χ1v) is 11.0. The predicted molar refractivity (Wildman–Crippen MR) is 122 cm³/mol. The zero-order valence-corrected chi connectivity index (χ0v) is 20.9. The van der Waals surface area contributed by atoms with Crippen molar-refractivity contribution in [2.75, 3.05) is 14.2 Å². The molecule has 2 aromatic carbocycles. The van der Waals surface area contributed by atoms with Crippen LogP contribution in [-0.2, 0) is 16.0 Å². The standard InChI is InChI=1S/C20H21Br2IO4/c1-11(2)14-9-13(10-17(23)19(14)26-4)27-20-15(21)7-12(8-16(20)22)5-6-18(24)25-3/h7-11H,5-6H2,1-4H3. The van der Waals surface area contributed by atoms with Gasteiger partial charge in [-0.15, -0.1) is 0 Å². The average Bonchev–Trinajstić information content (AvgIpc) is 2.62. The molecule has 0 radical (unpaired) electrons. The van der Waals surface area contributed by atoms with Gasteiger partial charge in [0, 0.05) is 12.0 Å². The van der Waals surface area contributed by atoms with Crippen molar-refractivity contribution >= 4 is 60.4 Å². The number of methoxy groups -OCH3 is 2. The summed E-state index contributed by atoms with van der Waals surface area (Å²) in [5.74, 6) is 2.40. The molecule has 0 atom stereocenters. The third-order valence-electron chi connectivity index (χ3n) is 4.00. The zero-order chi connectivity index (χ0) is 20.1. The molecule has 0 saturated heterocycles. The van der Waals surface area contributed by atoms with Crippen LogP contribution in [0.5, 0.6) is 17.2 Å². The SMILES string of the molecule is COC(=O)CCc1cc(Br)c(Oc2cc(I)c(OC)c(C(C)C)c2)c(Br)c1. The Hall–Kier alpha value is -0.800. The first-order valence-electron chi connectivity index (χ1n) is 8.36. The van der Waals surface area contributed by atoms with Gasteiger partial charge in [-0.1, -0.05) is 13.8 Å². The maximum absolute atomic E-state index is 11.4. The third kappa shape index (κ3) is 5.84. The van der Waals surface area contributed by atoms with Crippen LogP contribution in [0.25, 0.3) is 0 Å². The Morgan fingerprint density at radius 3 is 2.22 bits per heavy atom. The minimum absolute atomic E-state index is 0.225. The highest BCUT2D eigenvalue weighted by molar-refractivity contribution is 14.1. The summed E-state index contributed by atoms with van der Waals surface area (Å²) in [7, 11) is 3.08. The lowest BCUT2D eigenvalue weighted by Gasteiger charge is -2.17. The highest BCUT2D eigenvalue weighted by Crippen LogP contribution is 2.41. The summed E-state index contributed by atoms with van der Waals surface area (Å²) in [5.41, 5.74) is 2.11. The molecule has 0 bridgehead atoms. The molecule has 0 saturated carbocycles. The van der Waals surface area contributed by atoms with E-state index in [4.69, 9.17) is 14.2 Å². The van der Waals surface area contributed by atoms with Crippen molar-refractivity contribution in [1.82, 2.24) is 0 Å². The second-order valence-corrected chi connectivity index (χ2v) is 9.12. The van der Waals surface area contributed by atoms with Gasteiger partial charge in [0.1, 0.15) is 11.5 Å². The van der Waals surface area contributed by atoms with Gasteiger partial charge in [0.25, 0.3) is 0 Å². The van der Waals surface area contributed by atoms with Gasteiger partial charge in [0.2, 0.25) is 0 Å². The van der Waals surface area contributed by atoms with Crippen LogP contribution >= 0.6 is 54.5 Å². The first kappa shape index (κ1) is 22.5. The summed E-state index contributed by atoms with van der Waals surface area (Å²) >= 11 is 9.41. The van der Waals surface area contributed by atoms with E-state index in [9.17, 15) is 4.79 Å². The molecule has 0 heterocycles. The van der Waals surface area contributed by atoms with E-state index in [0.29, 0.717) is 24.5 Å². The number of halogens is 3. The molecule has 7 heteroatoms. The van der Waals surface area contributed by atoms with Gasteiger partial charge in [-0.25, -0.2) is 0 Å². The molecule has 2 aromatic rings. The Labute approximate surface area is 190 Å². The lowest BCUT2D eigenvalue weighted by atomic mass is 10.0. The second kappa shape index (κ2) is 10.1. The molecule has 0 N–H and O–H groups in total. The fourth-order valence-corrected chi connectivity index (χ4v) is 4.89. The Morgan fingerprint density at radius 2 is 1.70 bits per heavy atom. The van der Waals surface area contributed by atoms with E-state index in [1.807, 2.05) is 24.3 Å². The van der Waals surface area contributed by atoms with Crippen LogP contribution in [0, 0.1) is 3.57 Å². The molecular weight excluding hydrogens is 591 g/mol. The van der Waals surface area contributed by atoms with E-state index in [1.165, 1.54) is 7.11 Å². The lowest BCUT2D eigenvalue weighted by molar-refractivity contribution is -0.140. The van der Waals surface area contributed by atoms with Crippen molar-refractivity contribution in [2.45, 2.75) is 32.6 Å². The van der Waals surface area contributed by atoms with Crippen molar-refractivity contribution < 1.29 is 19.0 Å². The summed E-state index contributed by atoms with van der Waals surface area (Å²) in [6.45, 7) is 4.25. The molecule has 0 aromatic heterocycles. The molecule has 0 unspecified atom stereocenters. The third-order valence-corrected chi connectivity index (χ3v) is 5.97. The molecule has 146 valence electrons. The number of ether oxygens (including phenoxy) is 3. The Morgan fingerprint density at radius 1 is 1.07 bits per heavy atom. The van der Waals surface area contributed by atoms with Crippen LogP contribution < -0.4 is 9.47 Å². The van der Waals surface area contributed by atoms with Gasteiger partial charge < -0.3 is 14.2 Å². The van der Waals surface area contributed by atoms with Crippen LogP contribution in [0.15, 0.2) is 33.2 Å². The Balaban J connectivity index is 2.31. The van der Waals surface area contributed by atoms with Crippen molar-refractivity contribution in [3.63, 3.8) is 0 Å². The lowest BCUT2D eigenvalue weighted by Crippen LogP contribution is -2.02. The number of carbonyl (C=O) groups is 1. The average molecular weight is 612 g/mol. The fraction of sp³-hybridized carbons (Fsp3) is 0.350. The topological polar surface area (TPSA) is 44.8 Å². The van der Waals surface area contributed by atoms with Crippen LogP contribution in [-0.4, -0.2) is 20.2 Å². The molecule has 0 amide bonds. The van der Waals surface area contributed by atoms with E-state index in [0.717, 1.165) is 35.1 Å². The highest BCUT2D eigenvalue weighted by atomic mass is 127. The number of hydrogen-bond donors (Lipinski definition) is 0. The molecule has 0 spiro atoms. The molecule has 27 heavy (non-hydrogen) atoms. The first-order chi connectivity index (χ1) is 12.8. The van der Waals surface area contributed by atoms with Crippen LogP contribution in [0.2, 0.25) is 0 Å². The zero-order valence-electron chi connectivity index (χ0n) is 15.6. The van der Waals surface area contributed by atoms with Crippen LogP contribution in [0.3, 0.4) is 0 Å². The van der Waals surface area contributed by atoms with Gasteiger partial charge in [0.05, 0.1) is 26.7 Å². The van der Waals surface area contributed by atoms with Gasteiger partial charge >= 0.3 is 5.97 Å². The van der Waals surface area contributed by atoms with E-state index in [2.05, 4.69) is 68.3 Å². The maximum Gasteiger partial charge on any atom is 0.305 e. The van der Waals surface area contributed by atoms with E-state index in [1.54, 1.807) is 7.11 Å². The Kier molecular flexibility index (Phi) is 8.42. The van der Waals surface area contributed by atoms with E-state index >= 15 is 0 Å². The minimum Gasteiger partial charge on any atom is -0.495 e. The molecule has 0 aliphatic rings. The number of carbonyl (C=O) groups excluding carboxylic acids is 1. The monoisotopic (exact) mass is 610 g/mol. The van der Waals surface area contributed by atoms with Crippen LogP contribution in [0.4, 0.5) is 0 Å². The number of aryl methyl sites for hydroxylation is 1. The number of hydrogen-bond acceptors (Lipinski definition) is 4. The summed E-state index contributed by atoms with van der Waals surface area (Å²) in [6, 6.07) is 7.88. The summed E-state index contributed by atoms with van der Waals surface area (Å²) in [6.07, 6.45) is 0.937. The summed E-state index contributed by atoms with van der Waals surface area (Å²) < 4.78 is 19.0. The smallest absolute Gasteiger partial charge is 0.305 e. The largest absolute Gasteiger partial charge is 0.495 e. The van der Waals surface area contributed by atoms with Gasteiger partial charge in [0.15, 0.2) is 5.75 Å². The molecular formula is C20H21Br2IO4. The summed E-state index contributed by atoms with van der Waals surface area (Å²) in [5, 5.41) is 0. The number of rotatable bonds is 7. The van der Waals surface area contributed by atoms with E-state index in [-0.39, 0.29) is 5.97 Å². The number of benzene rings is 2. The van der Waals surface area contributed by atoms with Crippen molar-refractivity contribution in [1.29, 1.82) is 0 Å². The predicted octanol–water partition coefficient (Wildman–Crippen LogP) is 6.85. The molecule has 0 aliphatic carbocycles. The molecule has 2 rings (SSSR count). The van der Waals surface area contributed by atoms with Crippen molar-refractivity contribution in [2.24, 2.45) is 0 Å². The summed E-state index contributed by atoms with van der Waals surface area (Å²) in [4.78, 5) is 11.4. The van der Waals surface area contributed by atoms with Gasteiger partial charge in [-0.2, -0.15) is 0 Å². The van der Waals surface area contributed by atoms with Crippen molar-refractivity contribution in [3.8, 4) is 17.2 Å². The molecule has 4 nitrogen and oxygen atoms in total. The second-order valence-electron chi connectivity index (χ2n) is 6.25. The quantitative estimate of drug-likeness (QED) is 0.254. The molecule has 0 aliphatic heterocycles. The normalized spacial score (nSPS) is 10.8. The maximum atomic E-state index is 11.4. The van der Waals surface area contributed by atoms with Gasteiger partial charge in [-0.05, 0) is 96.6 Å². The van der Waals surface area contributed by atoms with E-state index < -0.39 is 0 Å².